The molecule has 3 rings (SSSR count). The van der Waals surface area contributed by atoms with Crippen LogP contribution in [0.3, 0.4) is 0 Å². The summed E-state index contributed by atoms with van der Waals surface area (Å²) in [5.41, 5.74) is 2.03. The molecule has 34 heavy (non-hydrogen) atoms. The van der Waals surface area contributed by atoms with Crippen LogP contribution >= 0.6 is 11.6 Å². The highest BCUT2D eigenvalue weighted by Crippen LogP contribution is 2.28. The number of anilines is 1. The highest BCUT2D eigenvalue weighted by atomic mass is 35.5. The minimum Gasteiger partial charge on any atom is -0.493 e. The Hall–Kier alpha value is -3.23. The number of carbonyl (C=O) groups is 1. The topological polar surface area (TPSA) is 84.9 Å². The first-order valence-electron chi connectivity index (χ1n) is 10.6. The summed E-state index contributed by atoms with van der Waals surface area (Å²) in [6.07, 6.45) is 0. The van der Waals surface area contributed by atoms with Gasteiger partial charge in [-0.05, 0) is 55.8 Å². The predicted molar refractivity (Wildman–Crippen MR) is 133 cm³/mol. The van der Waals surface area contributed by atoms with Crippen LogP contribution in [0.15, 0.2) is 71.6 Å². The molecular formula is C25H27ClN2O5S. The normalized spacial score (nSPS) is 11.1. The number of hydrogen-bond acceptors (Lipinski definition) is 5. The number of aryl methyl sites for hydroxylation is 2. The van der Waals surface area contributed by atoms with Gasteiger partial charge in [-0.2, -0.15) is 0 Å². The van der Waals surface area contributed by atoms with Gasteiger partial charge in [0.2, 0.25) is 5.91 Å². The molecule has 0 heterocycles. The van der Waals surface area contributed by atoms with Crippen molar-refractivity contribution in [1.29, 1.82) is 0 Å². The number of methoxy groups -OCH3 is 1. The number of carbonyl (C=O) groups excluding carboxylic acids is 1. The van der Waals surface area contributed by atoms with Crippen molar-refractivity contribution in [2.45, 2.75) is 18.7 Å². The van der Waals surface area contributed by atoms with E-state index in [4.69, 9.17) is 21.1 Å². The molecule has 0 spiro atoms. The largest absolute Gasteiger partial charge is 0.493 e. The Kier molecular flexibility index (Phi) is 8.41. The van der Waals surface area contributed by atoms with Crippen molar-refractivity contribution in [1.82, 2.24) is 5.32 Å². The SMILES string of the molecule is COc1ccccc1OCCNC(=O)CN(c1ccc(C)c(Cl)c1)S(=O)(=O)c1ccc(C)cc1. The fourth-order valence-electron chi connectivity index (χ4n) is 3.17. The Morgan fingerprint density at radius 1 is 1.00 bits per heavy atom. The molecule has 0 aliphatic rings. The average molecular weight is 503 g/mol. The quantitative estimate of drug-likeness (QED) is 0.416. The maximum absolute atomic E-state index is 13.4. The summed E-state index contributed by atoms with van der Waals surface area (Å²) in [4.78, 5) is 12.8. The molecule has 3 aromatic rings. The third-order valence-electron chi connectivity index (χ3n) is 5.09. The Labute approximate surface area is 205 Å². The van der Waals surface area contributed by atoms with Gasteiger partial charge >= 0.3 is 0 Å². The van der Waals surface area contributed by atoms with E-state index in [-0.39, 0.29) is 18.0 Å². The lowest BCUT2D eigenvalue weighted by Crippen LogP contribution is -2.42. The number of nitrogens with zero attached hydrogens (tertiary/aromatic N) is 1. The van der Waals surface area contributed by atoms with Crippen molar-refractivity contribution >= 4 is 33.2 Å². The van der Waals surface area contributed by atoms with Crippen molar-refractivity contribution in [3.8, 4) is 11.5 Å². The van der Waals surface area contributed by atoms with Gasteiger partial charge in [0.15, 0.2) is 11.5 Å². The molecule has 0 atom stereocenters. The van der Waals surface area contributed by atoms with Gasteiger partial charge in [0, 0.05) is 5.02 Å². The molecule has 180 valence electrons. The van der Waals surface area contributed by atoms with Crippen LogP contribution in [0, 0.1) is 13.8 Å². The summed E-state index contributed by atoms with van der Waals surface area (Å²) in [5.74, 6) is 0.661. The first-order chi connectivity index (χ1) is 16.2. The number of amides is 1. The van der Waals surface area contributed by atoms with Gasteiger partial charge < -0.3 is 14.8 Å². The number of para-hydroxylation sites is 2. The van der Waals surface area contributed by atoms with Crippen molar-refractivity contribution in [3.63, 3.8) is 0 Å². The number of sulfonamides is 1. The molecule has 0 saturated carbocycles. The number of ether oxygens (including phenoxy) is 2. The minimum absolute atomic E-state index is 0.0853. The third-order valence-corrected chi connectivity index (χ3v) is 7.29. The highest BCUT2D eigenvalue weighted by Gasteiger charge is 2.27. The smallest absolute Gasteiger partial charge is 0.264 e. The number of nitrogens with one attached hydrogen (secondary N) is 1. The van der Waals surface area contributed by atoms with Gasteiger partial charge in [-0.3, -0.25) is 9.10 Å². The van der Waals surface area contributed by atoms with Crippen LogP contribution in [0.2, 0.25) is 5.02 Å². The molecule has 1 N–H and O–H groups in total. The minimum atomic E-state index is -4.01. The lowest BCUT2D eigenvalue weighted by Gasteiger charge is -2.24. The highest BCUT2D eigenvalue weighted by molar-refractivity contribution is 7.92. The second-order valence-corrected chi connectivity index (χ2v) is 9.88. The van der Waals surface area contributed by atoms with Crippen LogP contribution in [0.1, 0.15) is 11.1 Å². The maximum atomic E-state index is 13.4. The molecule has 0 unspecified atom stereocenters. The Balaban J connectivity index is 1.74. The summed E-state index contributed by atoms with van der Waals surface area (Å²) in [7, 11) is -2.47. The van der Waals surface area contributed by atoms with Crippen molar-refractivity contribution in [3.05, 3.63) is 82.9 Å². The van der Waals surface area contributed by atoms with Crippen LogP contribution in [0.25, 0.3) is 0 Å². The summed E-state index contributed by atoms with van der Waals surface area (Å²) in [6.45, 7) is 3.65. The van der Waals surface area contributed by atoms with E-state index in [2.05, 4.69) is 5.32 Å². The molecule has 3 aromatic carbocycles. The van der Waals surface area contributed by atoms with E-state index in [1.165, 1.54) is 12.1 Å². The second kappa shape index (κ2) is 11.3. The molecular weight excluding hydrogens is 476 g/mol. The third kappa shape index (κ3) is 6.21. The monoisotopic (exact) mass is 502 g/mol. The van der Waals surface area contributed by atoms with Gasteiger partial charge in [0.1, 0.15) is 13.2 Å². The van der Waals surface area contributed by atoms with Crippen molar-refractivity contribution < 1.29 is 22.7 Å². The van der Waals surface area contributed by atoms with Gasteiger partial charge in [-0.25, -0.2) is 8.42 Å². The van der Waals surface area contributed by atoms with E-state index in [9.17, 15) is 13.2 Å². The number of halogens is 1. The summed E-state index contributed by atoms with van der Waals surface area (Å²) in [5, 5.41) is 3.11. The summed E-state index contributed by atoms with van der Waals surface area (Å²) in [6, 6.07) is 18.5. The van der Waals surface area contributed by atoms with Gasteiger partial charge in [-0.15, -0.1) is 0 Å². The average Bonchev–Trinajstić information content (AvgIpc) is 2.82. The molecule has 0 aromatic heterocycles. The zero-order chi connectivity index (χ0) is 24.7. The van der Waals surface area contributed by atoms with E-state index >= 15 is 0 Å². The van der Waals surface area contributed by atoms with E-state index < -0.39 is 22.5 Å². The number of rotatable bonds is 10. The Bertz CT molecular complexity index is 1250. The van der Waals surface area contributed by atoms with E-state index in [1.807, 2.05) is 26.0 Å². The van der Waals surface area contributed by atoms with Gasteiger partial charge in [0.05, 0.1) is 24.2 Å². The van der Waals surface area contributed by atoms with Crippen LogP contribution in [0.5, 0.6) is 11.5 Å². The second-order valence-electron chi connectivity index (χ2n) is 7.61. The zero-order valence-corrected chi connectivity index (χ0v) is 20.8. The van der Waals surface area contributed by atoms with Crippen molar-refractivity contribution in [2.75, 3.05) is 31.1 Å². The van der Waals surface area contributed by atoms with E-state index in [0.717, 1.165) is 15.4 Å². The van der Waals surface area contributed by atoms with Crippen LogP contribution in [-0.4, -0.2) is 41.1 Å². The van der Waals surface area contributed by atoms with Crippen LogP contribution < -0.4 is 19.1 Å². The van der Waals surface area contributed by atoms with Crippen molar-refractivity contribution in [2.24, 2.45) is 0 Å². The molecule has 0 aliphatic carbocycles. The van der Waals surface area contributed by atoms with Crippen LogP contribution in [-0.2, 0) is 14.8 Å². The molecule has 0 fully saturated rings. The van der Waals surface area contributed by atoms with E-state index in [1.54, 1.807) is 49.6 Å². The molecule has 9 heteroatoms. The standard InChI is InChI=1S/C25H27ClN2O5S/c1-18-8-12-21(13-9-18)34(30,31)28(20-11-10-19(2)22(26)16-20)17-25(29)27-14-15-33-24-7-5-4-6-23(24)32-3/h4-13,16H,14-15,17H2,1-3H3,(H,27,29). The van der Waals surface area contributed by atoms with Gasteiger partial charge in [-0.1, -0.05) is 47.5 Å². The summed E-state index contributed by atoms with van der Waals surface area (Å²) < 4.78 is 38.8. The van der Waals surface area contributed by atoms with E-state index in [0.29, 0.717) is 22.2 Å². The molecule has 1 amide bonds. The lowest BCUT2D eigenvalue weighted by molar-refractivity contribution is -0.119. The molecule has 0 radical (unpaired) electrons. The zero-order valence-electron chi connectivity index (χ0n) is 19.2. The number of benzene rings is 3. The summed E-state index contributed by atoms with van der Waals surface area (Å²) >= 11 is 6.25. The maximum Gasteiger partial charge on any atom is 0.264 e. The molecule has 7 nitrogen and oxygen atoms in total. The first kappa shape index (κ1) is 25.4. The first-order valence-corrected chi connectivity index (χ1v) is 12.4. The fraction of sp³-hybridized carbons (Fsp3) is 0.240. The molecule has 0 bridgehead atoms. The Morgan fingerprint density at radius 3 is 2.32 bits per heavy atom. The van der Waals surface area contributed by atoms with Crippen LogP contribution in [0.4, 0.5) is 5.69 Å². The number of hydrogen-bond donors (Lipinski definition) is 1. The Morgan fingerprint density at radius 2 is 1.68 bits per heavy atom. The lowest BCUT2D eigenvalue weighted by atomic mass is 10.2. The van der Waals surface area contributed by atoms with Gasteiger partial charge in [0.25, 0.3) is 10.0 Å². The fourth-order valence-corrected chi connectivity index (χ4v) is 4.75. The molecule has 0 saturated heterocycles. The molecule has 0 aliphatic heterocycles. The predicted octanol–water partition coefficient (Wildman–Crippen LogP) is 4.36.